The average Bonchev–Trinajstić information content (AvgIpc) is 3.18. The van der Waals surface area contributed by atoms with Crippen LogP contribution in [0.4, 0.5) is 0 Å². The maximum absolute atomic E-state index is 13.2. The van der Waals surface area contributed by atoms with E-state index < -0.39 is 0 Å². The van der Waals surface area contributed by atoms with Crippen molar-refractivity contribution in [3.05, 3.63) is 63.1 Å². The van der Waals surface area contributed by atoms with E-state index in [-0.39, 0.29) is 17.0 Å². The van der Waals surface area contributed by atoms with Gasteiger partial charge in [0, 0.05) is 32.4 Å². The van der Waals surface area contributed by atoms with Crippen molar-refractivity contribution in [2.45, 2.75) is 26.2 Å². The fourth-order valence-corrected chi connectivity index (χ4v) is 4.16. The lowest BCUT2D eigenvalue weighted by Crippen LogP contribution is -2.42. The molecule has 0 radical (unpaired) electrons. The first-order chi connectivity index (χ1) is 13.6. The van der Waals surface area contributed by atoms with Crippen molar-refractivity contribution in [1.29, 1.82) is 0 Å². The van der Waals surface area contributed by atoms with E-state index >= 15 is 0 Å². The lowest BCUT2D eigenvalue weighted by Gasteiger charge is -2.26. The highest BCUT2D eigenvalue weighted by Gasteiger charge is 2.20. The van der Waals surface area contributed by atoms with Crippen LogP contribution in [0.3, 0.4) is 0 Å². The highest BCUT2D eigenvalue weighted by Crippen LogP contribution is 2.27. The molecular weight excluding hydrogens is 354 g/mol. The molecule has 4 rings (SSSR count). The van der Waals surface area contributed by atoms with E-state index in [4.69, 9.17) is 4.74 Å². The van der Waals surface area contributed by atoms with Crippen molar-refractivity contribution < 1.29 is 9.53 Å². The van der Waals surface area contributed by atoms with Crippen LogP contribution in [0, 0.1) is 6.92 Å². The second kappa shape index (κ2) is 8.29. The first-order valence-corrected chi connectivity index (χ1v) is 10.1. The summed E-state index contributed by atoms with van der Waals surface area (Å²) in [5.41, 5.74) is 4.14. The second-order valence-electron chi connectivity index (χ2n) is 7.53. The summed E-state index contributed by atoms with van der Waals surface area (Å²) in [6.07, 6.45) is 4.93. The molecule has 148 valence electrons. The number of aromatic nitrogens is 1. The van der Waals surface area contributed by atoms with Gasteiger partial charge in [0.15, 0.2) is 0 Å². The molecule has 0 bridgehead atoms. The number of pyridine rings is 1. The van der Waals surface area contributed by atoms with Gasteiger partial charge in [0.05, 0.1) is 18.9 Å². The van der Waals surface area contributed by atoms with Gasteiger partial charge in [-0.3, -0.25) is 19.1 Å². The van der Waals surface area contributed by atoms with Crippen molar-refractivity contribution in [1.82, 2.24) is 14.8 Å². The van der Waals surface area contributed by atoms with E-state index in [1.54, 1.807) is 10.8 Å². The summed E-state index contributed by atoms with van der Waals surface area (Å²) in [4.78, 5) is 28.2. The van der Waals surface area contributed by atoms with E-state index in [2.05, 4.69) is 16.3 Å². The van der Waals surface area contributed by atoms with E-state index in [0.717, 1.165) is 57.8 Å². The molecule has 6 nitrogen and oxygen atoms in total. The number of morpholine rings is 1. The van der Waals surface area contributed by atoms with Gasteiger partial charge in [-0.15, -0.1) is 0 Å². The Hall–Kier alpha value is -2.44. The molecule has 0 saturated carbocycles. The van der Waals surface area contributed by atoms with Gasteiger partial charge in [0.2, 0.25) is 0 Å². The third-order valence-corrected chi connectivity index (χ3v) is 5.73. The molecule has 0 atom stereocenters. The van der Waals surface area contributed by atoms with Gasteiger partial charge >= 0.3 is 0 Å². The van der Waals surface area contributed by atoms with Gasteiger partial charge in [0.25, 0.3) is 11.5 Å². The lowest BCUT2D eigenvalue weighted by molar-refractivity contribution is 0.0383. The van der Waals surface area contributed by atoms with Gasteiger partial charge in [-0.2, -0.15) is 0 Å². The van der Waals surface area contributed by atoms with Gasteiger partial charge < -0.3 is 10.1 Å². The van der Waals surface area contributed by atoms with Crippen LogP contribution in [0.25, 0.3) is 5.69 Å². The molecule has 2 aliphatic rings. The maximum Gasteiger partial charge on any atom is 0.268 e. The third-order valence-electron chi connectivity index (χ3n) is 5.73. The Morgan fingerprint density at radius 1 is 1.18 bits per heavy atom. The summed E-state index contributed by atoms with van der Waals surface area (Å²) in [5, 5.41) is 2.92. The number of benzene rings is 1. The number of aryl methyl sites for hydroxylation is 2. The largest absolute Gasteiger partial charge is 0.379 e. The minimum absolute atomic E-state index is 0.236. The fraction of sp³-hybridized carbons (Fsp3) is 0.455. The Balaban J connectivity index is 1.55. The minimum atomic E-state index is -0.294. The Bertz CT molecular complexity index is 929. The Morgan fingerprint density at radius 2 is 2.00 bits per heavy atom. The zero-order valence-corrected chi connectivity index (χ0v) is 16.4. The zero-order valence-electron chi connectivity index (χ0n) is 16.4. The molecule has 1 amide bonds. The first-order valence-electron chi connectivity index (χ1n) is 10.1. The highest BCUT2D eigenvalue weighted by atomic mass is 16.5. The third kappa shape index (κ3) is 3.75. The molecular formula is C22H27N3O3. The molecule has 1 fully saturated rings. The van der Waals surface area contributed by atoms with Crippen molar-refractivity contribution in [2.24, 2.45) is 0 Å². The summed E-state index contributed by atoms with van der Waals surface area (Å²) in [7, 11) is 0. The number of rotatable bonds is 5. The number of hydrogen-bond donors (Lipinski definition) is 1. The standard InChI is InChI=1S/C22H27N3O3/c1-16-8-10-25(19-7-3-5-17-4-2-6-18(17)19)22(27)20(16)21(26)23-9-11-24-12-14-28-15-13-24/h3,5,7-8,10H,2,4,6,9,11-15H2,1H3,(H,23,26). The molecule has 1 aliphatic heterocycles. The molecule has 28 heavy (non-hydrogen) atoms. The molecule has 6 heteroatoms. The molecule has 0 spiro atoms. The zero-order chi connectivity index (χ0) is 19.5. The van der Waals surface area contributed by atoms with E-state index in [0.29, 0.717) is 12.1 Å². The van der Waals surface area contributed by atoms with Gasteiger partial charge in [-0.25, -0.2) is 0 Å². The number of amides is 1. The maximum atomic E-state index is 13.2. The Morgan fingerprint density at radius 3 is 2.82 bits per heavy atom. The van der Waals surface area contributed by atoms with Crippen molar-refractivity contribution >= 4 is 5.91 Å². The van der Waals surface area contributed by atoms with Crippen molar-refractivity contribution in [3.8, 4) is 5.69 Å². The molecule has 2 heterocycles. The molecule has 1 aliphatic carbocycles. The van der Waals surface area contributed by atoms with Crippen LogP contribution in [-0.4, -0.2) is 54.8 Å². The predicted octanol–water partition coefficient (Wildman–Crippen LogP) is 1.70. The van der Waals surface area contributed by atoms with Gasteiger partial charge in [0.1, 0.15) is 5.56 Å². The summed E-state index contributed by atoms with van der Waals surface area (Å²) in [6, 6.07) is 7.95. The SMILES string of the molecule is Cc1ccn(-c2cccc3c2CCC3)c(=O)c1C(=O)NCCN1CCOCC1. The first kappa shape index (κ1) is 18.9. The number of carbonyl (C=O) groups excluding carboxylic acids is 1. The molecule has 1 N–H and O–H groups in total. The summed E-state index contributed by atoms with van der Waals surface area (Å²) >= 11 is 0. The number of ether oxygens (including phenoxy) is 1. The fourth-order valence-electron chi connectivity index (χ4n) is 4.16. The van der Waals surface area contributed by atoms with E-state index in [9.17, 15) is 9.59 Å². The molecule has 1 saturated heterocycles. The predicted molar refractivity (Wildman–Crippen MR) is 108 cm³/mol. The van der Waals surface area contributed by atoms with Crippen LogP contribution < -0.4 is 10.9 Å². The van der Waals surface area contributed by atoms with Crippen LogP contribution in [0.2, 0.25) is 0 Å². The quantitative estimate of drug-likeness (QED) is 0.856. The normalized spacial score (nSPS) is 16.8. The van der Waals surface area contributed by atoms with E-state index in [1.165, 1.54) is 11.1 Å². The van der Waals surface area contributed by atoms with E-state index in [1.807, 2.05) is 25.1 Å². The molecule has 0 unspecified atom stereocenters. The highest BCUT2D eigenvalue weighted by molar-refractivity contribution is 5.95. The van der Waals surface area contributed by atoms with Crippen LogP contribution in [0.5, 0.6) is 0 Å². The van der Waals surface area contributed by atoms with Crippen molar-refractivity contribution in [3.63, 3.8) is 0 Å². The number of hydrogen-bond acceptors (Lipinski definition) is 4. The van der Waals surface area contributed by atoms with Crippen molar-refractivity contribution in [2.75, 3.05) is 39.4 Å². The number of carbonyl (C=O) groups is 1. The van der Waals surface area contributed by atoms with Crippen LogP contribution >= 0.6 is 0 Å². The molecule has 1 aromatic heterocycles. The Kier molecular flexibility index (Phi) is 5.59. The number of nitrogens with zero attached hydrogens (tertiary/aromatic N) is 2. The summed E-state index contributed by atoms with van der Waals surface area (Å²) in [5.74, 6) is -0.294. The second-order valence-corrected chi connectivity index (χ2v) is 7.53. The number of fused-ring (bicyclic) bond motifs is 1. The van der Waals surface area contributed by atoms with Crippen LogP contribution in [-0.2, 0) is 17.6 Å². The molecule has 2 aromatic rings. The van der Waals surface area contributed by atoms with Crippen LogP contribution in [0.15, 0.2) is 35.3 Å². The van der Waals surface area contributed by atoms with Gasteiger partial charge in [-0.05, 0) is 55.0 Å². The lowest BCUT2D eigenvalue weighted by atomic mass is 10.1. The topological polar surface area (TPSA) is 63.6 Å². The Labute approximate surface area is 165 Å². The minimum Gasteiger partial charge on any atom is -0.379 e. The van der Waals surface area contributed by atoms with Crippen LogP contribution in [0.1, 0.15) is 33.5 Å². The average molecular weight is 381 g/mol. The smallest absolute Gasteiger partial charge is 0.268 e. The monoisotopic (exact) mass is 381 g/mol. The van der Waals surface area contributed by atoms with Gasteiger partial charge in [-0.1, -0.05) is 12.1 Å². The number of nitrogens with one attached hydrogen (secondary N) is 1. The molecule has 1 aromatic carbocycles. The summed E-state index contributed by atoms with van der Waals surface area (Å²) in [6.45, 7) is 6.33. The summed E-state index contributed by atoms with van der Waals surface area (Å²) < 4.78 is 6.97.